The molecule has 0 aromatic heterocycles. The minimum atomic E-state index is -0.266. The molecule has 0 unspecified atom stereocenters. The minimum absolute atomic E-state index is 0.266. The summed E-state index contributed by atoms with van der Waals surface area (Å²) in [5.74, 6) is 1.03. The summed E-state index contributed by atoms with van der Waals surface area (Å²) in [6, 6.07) is 2.39. The van der Waals surface area contributed by atoms with E-state index in [1.807, 2.05) is 0 Å². The predicted molar refractivity (Wildman–Crippen MR) is 44.6 cm³/mol. The molecule has 2 aliphatic carbocycles. The quantitative estimate of drug-likeness (QED) is 0.563. The highest BCUT2D eigenvalue weighted by molar-refractivity contribution is 5.07. The van der Waals surface area contributed by atoms with Crippen molar-refractivity contribution in [2.24, 2.45) is 17.8 Å². The highest BCUT2D eigenvalue weighted by atomic mass is 16.7. The van der Waals surface area contributed by atoms with Crippen molar-refractivity contribution in [3.8, 4) is 6.07 Å². The van der Waals surface area contributed by atoms with Crippen LogP contribution < -0.4 is 0 Å². The van der Waals surface area contributed by atoms with Gasteiger partial charge in [-0.05, 0) is 18.8 Å². The first-order valence-corrected chi connectivity index (χ1v) is 5.01. The molecule has 13 heavy (non-hydrogen) atoms. The molecule has 3 heteroatoms. The lowest BCUT2D eigenvalue weighted by Crippen LogP contribution is -2.38. The Balaban J connectivity index is 1.83. The molecule has 0 aromatic rings. The molecule has 1 aliphatic heterocycles. The van der Waals surface area contributed by atoms with E-state index in [-0.39, 0.29) is 11.7 Å². The zero-order valence-electron chi connectivity index (χ0n) is 7.53. The van der Waals surface area contributed by atoms with E-state index in [9.17, 15) is 0 Å². The molecule has 3 fully saturated rings. The van der Waals surface area contributed by atoms with Gasteiger partial charge in [0, 0.05) is 18.3 Å². The van der Waals surface area contributed by atoms with E-state index < -0.39 is 0 Å². The lowest BCUT2D eigenvalue weighted by molar-refractivity contribution is -0.192. The summed E-state index contributed by atoms with van der Waals surface area (Å²) in [7, 11) is 0. The molecule has 2 bridgehead atoms. The molecular weight excluding hydrogens is 166 g/mol. The van der Waals surface area contributed by atoms with Crippen LogP contribution in [0.4, 0.5) is 0 Å². The third-order valence-electron chi connectivity index (χ3n) is 3.81. The predicted octanol–water partition coefficient (Wildman–Crippen LogP) is 1.30. The smallest absolute Gasteiger partial charge is 0.171 e. The van der Waals surface area contributed by atoms with Crippen molar-refractivity contribution >= 4 is 0 Å². The lowest BCUT2D eigenvalue weighted by Gasteiger charge is -2.32. The first kappa shape index (κ1) is 7.78. The maximum atomic E-state index is 8.89. The molecule has 0 amide bonds. The van der Waals surface area contributed by atoms with Crippen LogP contribution in [0.5, 0.6) is 0 Å². The van der Waals surface area contributed by atoms with Gasteiger partial charge in [0.1, 0.15) is 0 Å². The average Bonchev–Trinajstić information content (AvgIpc) is 2.80. The Morgan fingerprint density at radius 2 is 2.00 bits per heavy atom. The minimum Gasteiger partial charge on any atom is -0.347 e. The van der Waals surface area contributed by atoms with Crippen LogP contribution in [0, 0.1) is 29.1 Å². The van der Waals surface area contributed by atoms with Crippen LogP contribution in [0.1, 0.15) is 19.3 Å². The molecule has 1 saturated heterocycles. The van der Waals surface area contributed by atoms with Crippen molar-refractivity contribution in [3.05, 3.63) is 0 Å². The van der Waals surface area contributed by atoms with Crippen LogP contribution in [0.2, 0.25) is 0 Å². The summed E-state index contributed by atoms with van der Waals surface area (Å²) in [6.45, 7) is 1.47. The van der Waals surface area contributed by atoms with Crippen LogP contribution in [0.15, 0.2) is 0 Å². The van der Waals surface area contributed by atoms with Crippen LogP contribution in [0.25, 0.3) is 0 Å². The second-order valence-corrected chi connectivity index (χ2v) is 4.38. The Labute approximate surface area is 77.6 Å². The summed E-state index contributed by atoms with van der Waals surface area (Å²) in [5, 5.41) is 8.89. The third-order valence-corrected chi connectivity index (χ3v) is 3.81. The van der Waals surface area contributed by atoms with E-state index >= 15 is 0 Å². The van der Waals surface area contributed by atoms with Gasteiger partial charge < -0.3 is 9.47 Å². The van der Waals surface area contributed by atoms with Crippen molar-refractivity contribution in [1.29, 1.82) is 5.26 Å². The van der Waals surface area contributed by atoms with Crippen LogP contribution in [-0.2, 0) is 9.47 Å². The fraction of sp³-hybridized carbons (Fsp3) is 0.900. The van der Waals surface area contributed by atoms with Gasteiger partial charge in [0.2, 0.25) is 0 Å². The summed E-state index contributed by atoms with van der Waals surface area (Å²) in [6.07, 6.45) is 3.08. The first-order valence-electron chi connectivity index (χ1n) is 5.01. The van der Waals surface area contributed by atoms with Gasteiger partial charge in [-0.15, -0.1) is 0 Å². The number of rotatable bonds is 0. The Morgan fingerprint density at radius 3 is 2.54 bits per heavy atom. The molecule has 0 N–H and O–H groups in total. The van der Waals surface area contributed by atoms with Crippen LogP contribution in [-0.4, -0.2) is 19.0 Å². The lowest BCUT2D eigenvalue weighted by atomic mass is 9.86. The van der Waals surface area contributed by atoms with Gasteiger partial charge in [0.05, 0.1) is 19.3 Å². The molecule has 1 heterocycles. The number of hydrogen-bond acceptors (Lipinski definition) is 3. The van der Waals surface area contributed by atoms with Crippen molar-refractivity contribution in [3.63, 3.8) is 0 Å². The fourth-order valence-electron chi connectivity index (χ4n) is 3.22. The van der Waals surface area contributed by atoms with Gasteiger partial charge in [-0.1, -0.05) is 0 Å². The van der Waals surface area contributed by atoms with Gasteiger partial charge >= 0.3 is 0 Å². The average molecular weight is 179 g/mol. The van der Waals surface area contributed by atoms with Crippen molar-refractivity contribution in [2.75, 3.05) is 13.2 Å². The number of ether oxygens (including phenoxy) is 2. The maximum Gasteiger partial charge on any atom is 0.171 e. The Morgan fingerprint density at radius 1 is 1.23 bits per heavy atom. The molecule has 0 aromatic carbocycles. The number of fused-ring (bicyclic) bond motifs is 3. The van der Waals surface area contributed by atoms with Crippen LogP contribution >= 0.6 is 0 Å². The number of nitrogens with zero attached hydrogens (tertiary/aromatic N) is 1. The zero-order valence-corrected chi connectivity index (χ0v) is 7.53. The molecule has 3 nitrogen and oxygen atoms in total. The molecule has 70 valence electrons. The van der Waals surface area contributed by atoms with Gasteiger partial charge in [0.15, 0.2) is 5.79 Å². The van der Waals surface area contributed by atoms with E-state index in [1.165, 1.54) is 0 Å². The SMILES string of the molecule is N#C[C@H]1C[C@H]2C[C@@H]1CC21OCCO1. The monoisotopic (exact) mass is 179 g/mol. The molecule has 1 spiro atoms. The second kappa shape index (κ2) is 2.46. The van der Waals surface area contributed by atoms with E-state index in [0.29, 0.717) is 11.8 Å². The number of nitriles is 1. The van der Waals surface area contributed by atoms with Crippen molar-refractivity contribution < 1.29 is 9.47 Å². The topological polar surface area (TPSA) is 42.2 Å². The zero-order chi connectivity index (χ0) is 8.89. The molecule has 3 atom stereocenters. The van der Waals surface area contributed by atoms with E-state index in [2.05, 4.69) is 6.07 Å². The second-order valence-electron chi connectivity index (χ2n) is 4.38. The Bertz CT molecular complexity index is 265. The van der Waals surface area contributed by atoms with E-state index in [1.54, 1.807) is 0 Å². The highest BCUT2D eigenvalue weighted by Crippen LogP contribution is 2.56. The maximum absolute atomic E-state index is 8.89. The normalized spacial score (nSPS) is 45.6. The Hall–Kier alpha value is -0.590. The molecular formula is C10H13NO2. The van der Waals surface area contributed by atoms with E-state index in [0.717, 1.165) is 32.5 Å². The largest absolute Gasteiger partial charge is 0.347 e. The Kier molecular flexibility index (Phi) is 1.47. The standard InChI is InChI=1S/C10H13NO2/c11-6-8-4-9-3-7(8)5-10(9)12-1-2-13-10/h7-9H,1-5H2/t7-,8-,9-/m1/s1. The third kappa shape index (κ3) is 0.905. The van der Waals surface area contributed by atoms with Gasteiger partial charge in [0.25, 0.3) is 0 Å². The van der Waals surface area contributed by atoms with Crippen LogP contribution in [0.3, 0.4) is 0 Å². The first-order chi connectivity index (χ1) is 6.34. The summed E-state index contributed by atoms with van der Waals surface area (Å²) >= 11 is 0. The van der Waals surface area contributed by atoms with Crippen molar-refractivity contribution in [2.45, 2.75) is 25.0 Å². The van der Waals surface area contributed by atoms with Gasteiger partial charge in [-0.25, -0.2) is 0 Å². The molecule has 3 rings (SSSR count). The molecule has 3 aliphatic rings. The van der Waals surface area contributed by atoms with Gasteiger partial charge in [-0.3, -0.25) is 0 Å². The summed E-state index contributed by atoms with van der Waals surface area (Å²) in [4.78, 5) is 0. The number of hydrogen-bond donors (Lipinski definition) is 0. The summed E-state index contributed by atoms with van der Waals surface area (Å²) in [5.41, 5.74) is 0. The molecule has 2 saturated carbocycles. The van der Waals surface area contributed by atoms with E-state index in [4.69, 9.17) is 14.7 Å². The van der Waals surface area contributed by atoms with Gasteiger partial charge in [-0.2, -0.15) is 5.26 Å². The van der Waals surface area contributed by atoms with Crippen molar-refractivity contribution in [1.82, 2.24) is 0 Å². The molecule has 0 radical (unpaired) electrons. The fourth-order valence-corrected chi connectivity index (χ4v) is 3.22. The summed E-state index contributed by atoms with van der Waals surface area (Å²) < 4.78 is 11.4. The highest BCUT2D eigenvalue weighted by Gasteiger charge is 2.58.